The Morgan fingerprint density at radius 2 is 1.68 bits per heavy atom. The Bertz CT molecular complexity index is 829. The Kier molecular flexibility index (Phi) is 7.75. The van der Waals surface area contributed by atoms with Crippen LogP contribution in [0.1, 0.15) is 47.1 Å². The molecule has 0 saturated carbocycles. The number of ether oxygens (including phenoxy) is 1. The van der Waals surface area contributed by atoms with Crippen molar-refractivity contribution in [2.75, 3.05) is 18.5 Å². The third-order valence-corrected chi connectivity index (χ3v) is 4.05. The van der Waals surface area contributed by atoms with Gasteiger partial charge in [-0.15, -0.1) is 0 Å². The van der Waals surface area contributed by atoms with Gasteiger partial charge in [-0.1, -0.05) is 45.0 Å². The molecule has 2 rings (SSSR count). The van der Waals surface area contributed by atoms with Gasteiger partial charge in [-0.25, -0.2) is 4.79 Å². The molecule has 6 nitrogen and oxygen atoms in total. The Balaban J connectivity index is 1.93. The standard InChI is InChI=1S/C22H26N2O4/c1-4-16-9-11-17(12-10-16)22(27)28-14-20(25)24-19-8-6-5-7-18(19)21(26)23-13-15(2)3/h5-12,15H,4,13-14H2,1-3H3,(H,23,26)(H,24,25). The summed E-state index contributed by atoms with van der Waals surface area (Å²) in [6.07, 6.45) is 0.877. The number of rotatable bonds is 8. The lowest BCUT2D eigenvalue weighted by Gasteiger charge is -2.12. The molecule has 0 aliphatic rings. The molecule has 0 aliphatic heterocycles. The van der Waals surface area contributed by atoms with Gasteiger partial charge in [0, 0.05) is 6.54 Å². The predicted molar refractivity (Wildman–Crippen MR) is 108 cm³/mol. The Hall–Kier alpha value is -3.15. The summed E-state index contributed by atoms with van der Waals surface area (Å²) in [6, 6.07) is 13.8. The van der Waals surface area contributed by atoms with E-state index in [1.807, 2.05) is 32.9 Å². The molecule has 6 heteroatoms. The average Bonchev–Trinajstić information content (AvgIpc) is 2.70. The monoisotopic (exact) mass is 382 g/mol. The molecule has 2 aromatic rings. The van der Waals surface area contributed by atoms with Crippen LogP contribution in [0, 0.1) is 5.92 Å². The van der Waals surface area contributed by atoms with Gasteiger partial charge >= 0.3 is 5.97 Å². The van der Waals surface area contributed by atoms with E-state index < -0.39 is 18.5 Å². The lowest BCUT2D eigenvalue weighted by atomic mass is 10.1. The summed E-state index contributed by atoms with van der Waals surface area (Å²) in [5, 5.41) is 5.44. The number of nitrogens with one attached hydrogen (secondary N) is 2. The van der Waals surface area contributed by atoms with Crippen molar-refractivity contribution in [3.8, 4) is 0 Å². The summed E-state index contributed by atoms with van der Waals surface area (Å²) in [7, 11) is 0. The fraction of sp³-hybridized carbons (Fsp3) is 0.318. The normalized spacial score (nSPS) is 10.4. The highest BCUT2D eigenvalue weighted by molar-refractivity contribution is 6.04. The van der Waals surface area contributed by atoms with Crippen LogP contribution >= 0.6 is 0 Å². The average molecular weight is 382 g/mol. The third-order valence-electron chi connectivity index (χ3n) is 4.05. The molecule has 2 aromatic carbocycles. The molecular weight excluding hydrogens is 356 g/mol. The van der Waals surface area contributed by atoms with Gasteiger partial charge < -0.3 is 15.4 Å². The number of carbonyl (C=O) groups is 3. The first kappa shape index (κ1) is 21.2. The van der Waals surface area contributed by atoms with Crippen molar-refractivity contribution in [3.05, 3.63) is 65.2 Å². The number of aryl methyl sites for hydroxylation is 1. The zero-order valence-electron chi connectivity index (χ0n) is 16.5. The van der Waals surface area contributed by atoms with Crippen LogP contribution in [0.5, 0.6) is 0 Å². The summed E-state index contributed by atoms with van der Waals surface area (Å²) < 4.78 is 5.06. The van der Waals surface area contributed by atoms with E-state index in [9.17, 15) is 14.4 Å². The molecule has 0 radical (unpaired) electrons. The van der Waals surface area contributed by atoms with Crippen LogP contribution < -0.4 is 10.6 Å². The Labute approximate surface area is 165 Å². The number of anilines is 1. The van der Waals surface area contributed by atoms with E-state index in [-0.39, 0.29) is 5.91 Å². The highest BCUT2D eigenvalue weighted by atomic mass is 16.5. The van der Waals surface area contributed by atoms with Crippen molar-refractivity contribution in [2.24, 2.45) is 5.92 Å². The fourth-order valence-corrected chi connectivity index (χ4v) is 2.46. The number of esters is 1. The molecule has 0 fully saturated rings. The van der Waals surface area contributed by atoms with Crippen LogP contribution in [0.15, 0.2) is 48.5 Å². The first-order valence-corrected chi connectivity index (χ1v) is 9.33. The van der Waals surface area contributed by atoms with E-state index in [0.29, 0.717) is 29.3 Å². The highest BCUT2D eigenvalue weighted by Gasteiger charge is 2.15. The Morgan fingerprint density at radius 3 is 2.32 bits per heavy atom. The van der Waals surface area contributed by atoms with E-state index in [1.54, 1.807) is 36.4 Å². The number of amides is 2. The van der Waals surface area contributed by atoms with Gasteiger partial charge in [-0.3, -0.25) is 9.59 Å². The lowest BCUT2D eigenvalue weighted by Crippen LogP contribution is -2.29. The van der Waals surface area contributed by atoms with Crippen LogP contribution in [0.25, 0.3) is 0 Å². The fourth-order valence-electron chi connectivity index (χ4n) is 2.46. The molecule has 0 bridgehead atoms. The zero-order valence-corrected chi connectivity index (χ0v) is 16.5. The van der Waals surface area contributed by atoms with Gasteiger partial charge in [0.1, 0.15) is 0 Å². The van der Waals surface area contributed by atoms with Gasteiger partial charge in [0.05, 0.1) is 16.8 Å². The second kappa shape index (κ2) is 10.3. The van der Waals surface area contributed by atoms with Crippen LogP contribution in [0.4, 0.5) is 5.69 Å². The predicted octanol–water partition coefficient (Wildman–Crippen LogP) is 3.43. The molecule has 28 heavy (non-hydrogen) atoms. The molecule has 2 N–H and O–H groups in total. The number of benzene rings is 2. The summed E-state index contributed by atoms with van der Waals surface area (Å²) in [5.74, 6) is -1.03. The van der Waals surface area contributed by atoms with Crippen molar-refractivity contribution in [1.29, 1.82) is 0 Å². The largest absolute Gasteiger partial charge is 0.452 e. The molecule has 0 heterocycles. The second-order valence-corrected chi connectivity index (χ2v) is 6.82. The maximum Gasteiger partial charge on any atom is 0.338 e. The SMILES string of the molecule is CCc1ccc(C(=O)OCC(=O)Nc2ccccc2C(=O)NCC(C)C)cc1. The molecule has 0 atom stereocenters. The third kappa shape index (κ3) is 6.23. The second-order valence-electron chi connectivity index (χ2n) is 6.82. The number of hydrogen-bond acceptors (Lipinski definition) is 4. The molecule has 0 aliphatic carbocycles. The van der Waals surface area contributed by atoms with Crippen LogP contribution in [-0.2, 0) is 16.0 Å². The smallest absolute Gasteiger partial charge is 0.338 e. The quantitative estimate of drug-likeness (QED) is 0.685. The van der Waals surface area contributed by atoms with E-state index in [0.717, 1.165) is 12.0 Å². The molecule has 148 valence electrons. The molecule has 2 amide bonds. The van der Waals surface area contributed by atoms with Gasteiger partial charge in [-0.05, 0) is 42.2 Å². The molecule has 0 spiro atoms. The van der Waals surface area contributed by atoms with E-state index >= 15 is 0 Å². The van der Waals surface area contributed by atoms with Crippen molar-refractivity contribution in [2.45, 2.75) is 27.2 Å². The lowest BCUT2D eigenvalue weighted by molar-refractivity contribution is -0.119. The number of carbonyl (C=O) groups excluding carboxylic acids is 3. The number of para-hydroxylation sites is 1. The molecule has 0 saturated heterocycles. The first-order chi connectivity index (χ1) is 13.4. The Morgan fingerprint density at radius 1 is 1.00 bits per heavy atom. The topological polar surface area (TPSA) is 84.5 Å². The summed E-state index contributed by atoms with van der Waals surface area (Å²) >= 11 is 0. The molecular formula is C22H26N2O4. The minimum atomic E-state index is -0.569. The molecule has 0 unspecified atom stereocenters. The number of hydrogen-bond donors (Lipinski definition) is 2. The van der Waals surface area contributed by atoms with E-state index in [1.165, 1.54) is 0 Å². The zero-order chi connectivity index (χ0) is 20.5. The van der Waals surface area contributed by atoms with Crippen molar-refractivity contribution in [3.63, 3.8) is 0 Å². The maximum atomic E-state index is 12.3. The highest BCUT2D eigenvalue weighted by Crippen LogP contribution is 2.15. The minimum absolute atomic E-state index is 0.266. The van der Waals surface area contributed by atoms with Crippen LogP contribution in [0.2, 0.25) is 0 Å². The van der Waals surface area contributed by atoms with Crippen molar-refractivity contribution >= 4 is 23.5 Å². The first-order valence-electron chi connectivity index (χ1n) is 9.33. The van der Waals surface area contributed by atoms with Gasteiger partial charge in [-0.2, -0.15) is 0 Å². The van der Waals surface area contributed by atoms with Crippen molar-refractivity contribution in [1.82, 2.24) is 5.32 Å². The summed E-state index contributed by atoms with van der Waals surface area (Å²) in [6.45, 7) is 6.13. The van der Waals surface area contributed by atoms with Crippen LogP contribution in [0.3, 0.4) is 0 Å². The maximum absolute atomic E-state index is 12.3. The summed E-state index contributed by atoms with van der Waals surface area (Å²) in [5.41, 5.74) is 2.23. The van der Waals surface area contributed by atoms with Gasteiger partial charge in [0.15, 0.2) is 6.61 Å². The molecule has 0 aromatic heterocycles. The van der Waals surface area contributed by atoms with Crippen LogP contribution in [-0.4, -0.2) is 30.9 Å². The van der Waals surface area contributed by atoms with E-state index in [2.05, 4.69) is 10.6 Å². The van der Waals surface area contributed by atoms with Gasteiger partial charge in [0.2, 0.25) is 0 Å². The minimum Gasteiger partial charge on any atom is -0.452 e. The summed E-state index contributed by atoms with van der Waals surface area (Å²) in [4.78, 5) is 36.5. The van der Waals surface area contributed by atoms with Crippen molar-refractivity contribution < 1.29 is 19.1 Å². The van der Waals surface area contributed by atoms with Gasteiger partial charge in [0.25, 0.3) is 11.8 Å². The van der Waals surface area contributed by atoms with E-state index in [4.69, 9.17) is 4.74 Å².